The number of nitrogen functional groups attached to an aromatic ring is 1. The Balaban J connectivity index is 3.20. The predicted molar refractivity (Wildman–Crippen MR) is 61.6 cm³/mol. The second-order valence-corrected chi connectivity index (χ2v) is 3.66. The van der Waals surface area contributed by atoms with Crippen LogP contribution in [0.15, 0.2) is 18.2 Å². The molecule has 0 spiro atoms. The molecule has 0 heterocycles. The third-order valence-electron chi connectivity index (χ3n) is 2.34. The van der Waals surface area contributed by atoms with Crippen LogP contribution in [0.4, 0.5) is 11.4 Å². The first-order valence-corrected chi connectivity index (χ1v) is 4.88. The molecule has 0 bridgehead atoms. The lowest BCUT2D eigenvalue weighted by Crippen LogP contribution is -2.40. The molecule has 1 aromatic carbocycles. The molecule has 16 heavy (non-hydrogen) atoms. The molecule has 1 atom stereocenters. The highest BCUT2D eigenvalue weighted by Gasteiger charge is 2.25. The fourth-order valence-electron chi connectivity index (χ4n) is 1.44. The molecule has 0 amide bonds. The average molecular weight is 225 g/mol. The molecule has 1 rings (SSSR count). The van der Waals surface area contributed by atoms with Crippen LogP contribution in [-0.2, 0) is 0 Å². The van der Waals surface area contributed by atoms with E-state index in [9.17, 15) is 10.1 Å². The van der Waals surface area contributed by atoms with E-state index >= 15 is 0 Å². The number of aliphatic hydroxyl groups excluding tert-OH is 1. The first-order chi connectivity index (χ1) is 7.47. The van der Waals surface area contributed by atoms with Crippen LogP contribution in [-0.4, -0.2) is 22.8 Å². The number of hydrazine groups is 1. The summed E-state index contributed by atoms with van der Waals surface area (Å²) in [5.41, 5.74) is 7.20. The van der Waals surface area contributed by atoms with E-state index in [2.05, 4.69) is 0 Å². The maximum Gasteiger partial charge on any atom is 0.165 e. The van der Waals surface area contributed by atoms with Gasteiger partial charge in [-0.3, -0.25) is 0 Å². The number of nitrogens with zero attached hydrogens (tertiary/aromatic N) is 2. The van der Waals surface area contributed by atoms with Crippen molar-refractivity contribution in [2.45, 2.75) is 19.9 Å². The molecular weight excluding hydrogens is 210 g/mol. The van der Waals surface area contributed by atoms with Gasteiger partial charge in [-0.25, -0.2) is 10.1 Å². The molecule has 0 saturated heterocycles. The number of benzene rings is 1. The first kappa shape index (κ1) is 12.3. The van der Waals surface area contributed by atoms with Crippen molar-refractivity contribution in [2.75, 3.05) is 17.3 Å². The Hall–Kier alpha value is -1.82. The van der Waals surface area contributed by atoms with Crippen LogP contribution < -0.4 is 10.7 Å². The highest BCUT2D eigenvalue weighted by atomic mass is 16.7. The van der Waals surface area contributed by atoms with Crippen molar-refractivity contribution in [1.29, 1.82) is 0 Å². The summed E-state index contributed by atoms with van der Waals surface area (Å²) in [4.78, 5) is 10.9. The topological polar surface area (TPSA) is 92.6 Å². The summed E-state index contributed by atoms with van der Waals surface area (Å²) >= 11 is 0. The zero-order chi connectivity index (χ0) is 12.3. The Morgan fingerprint density at radius 2 is 2.25 bits per heavy atom. The van der Waals surface area contributed by atoms with E-state index < -0.39 is 11.1 Å². The molecule has 1 aromatic rings. The minimum absolute atomic E-state index is 0.296. The van der Waals surface area contributed by atoms with Crippen LogP contribution in [0.1, 0.15) is 12.5 Å². The van der Waals surface area contributed by atoms with Crippen LogP contribution in [0, 0.1) is 17.0 Å². The zero-order valence-electron chi connectivity index (χ0n) is 9.25. The Kier molecular flexibility index (Phi) is 3.68. The second kappa shape index (κ2) is 4.80. The third kappa shape index (κ3) is 2.40. The summed E-state index contributed by atoms with van der Waals surface area (Å²) in [6.45, 7) is 3.04. The van der Waals surface area contributed by atoms with Crippen molar-refractivity contribution < 1.29 is 10.1 Å². The van der Waals surface area contributed by atoms with Gasteiger partial charge in [0.1, 0.15) is 11.7 Å². The van der Waals surface area contributed by atoms with Crippen molar-refractivity contribution >= 4 is 11.4 Å². The van der Waals surface area contributed by atoms with Gasteiger partial charge >= 0.3 is 0 Å². The smallest absolute Gasteiger partial charge is 0.165 e. The molecule has 3 N–H and O–H groups in total. The fourth-order valence-corrected chi connectivity index (χ4v) is 1.44. The lowest BCUT2D eigenvalue weighted by Gasteiger charge is -2.21. The minimum Gasteiger partial charge on any atom is -0.399 e. The lowest BCUT2D eigenvalue weighted by molar-refractivity contribution is -0.500. The average Bonchev–Trinajstić information content (AvgIpc) is 2.22. The van der Waals surface area contributed by atoms with E-state index in [1.165, 1.54) is 6.07 Å². The second-order valence-electron chi connectivity index (χ2n) is 3.66. The van der Waals surface area contributed by atoms with E-state index in [0.29, 0.717) is 11.4 Å². The van der Waals surface area contributed by atoms with E-state index in [4.69, 9.17) is 10.8 Å². The summed E-state index contributed by atoms with van der Waals surface area (Å²) in [7, 11) is 0. The highest BCUT2D eigenvalue weighted by molar-refractivity contribution is 5.59. The van der Waals surface area contributed by atoms with Gasteiger partial charge in [0.05, 0.1) is 6.61 Å². The first-order valence-electron chi connectivity index (χ1n) is 4.88. The summed E-state index contributed by atoms with van der Waals surface area (Å²) in [6.07, 6.45) is 0. The number of hydrogen-bond acceptors (Lipinski definition) is 4. The van der Waals surface area contributed by atoms with Crippen LogP contribution in [0.25, 0.3) is 0 Å². The van der Waals surface area contributed by atoms with Gasteiger partial charge in [0.15, 0.2) is 5.03 Å². The van der Waals surface area contributed by atoms with Gasteiger partial charge in [-0.15, -0.1) is 0 Å². The number of aliphatic hydroxyl groups is 1. The number of rotatable bonds is 4. The molecule has 0 aliphatic rings. The number of aryl methyl sites for hydroxylation is 1. The van der Waals surface area contributed by atoms with Crippen molar-refractivity contribution in [3.8, 4) is 0 Å². The van der Waals surface area contributed by atoms with Crippen molar-refractivity contribution in [1.82, 2.24) is 0 Å². The number of nitro groups is 1. The van der Waals surface area contributed by atoms with Gasteiger partial charge in [-0.1, -0.05) is 11.1 Å². The van der Waals surface area contributed by atoms with Crippen molar-refractivity contribution in [2.24, 2.45) is 0 Å². The van der Waals surface area contributed by atoms with E-state index in [0.717, 1.165) is 10.6 Å². The molecular formula is C10H15N3O3. The van der Waals surface area contributed by atoms with Crippen LogP contribution in [0.5, 0.6) is 0 Å². The van der Waals surface area contributed by atoms with Gasteiger partial charge in [0.25, 0.3) is 0 Å². The van der Waals surface area contributed by atoms with Crippen LogP contribution in [0.3, 0.4) is 0 Å². The normalized spacial score (nSPS) is 12.2. The molecule has 88 valence electrons. The molecule has 6 heteroatoms. The zero-order valence-corrected chi connectivity index (χ0v) is 9.25. The maximum atomic E-state index is 10.9. The van der Waals surface area contributed by atoms with Gasteiger partial charge in [-0.2, -0.15) is 0 Å². The van der Waals surface area contributed by atoms with Gasteiger partial charge in [-0.05, 0) is 31.5 Å². The molecule has 0 aromatic heterocycles. The van der Waals surface area contributed by atoms with E-state index in [1.807, 2.05) is 0 Å². The minimum atomic E-state index is -0.601. The Morgan fingerprint density at radius 1 is 1.62 bits per heavy atom. The lowest BCUT2D eigenvalue weighted by atomic mass is 10.1. The molecule has 0 aliphatic carbocycles. The van der Waals surface area contributed by atoms with Crippen LogP contribution >= 0.6 is 0 Å². The molecule has 0 radical (unpaired) electrons. The van der Waals surface area contributed by atoms with E-state index in [-0.39, 0.29) is 6.61 Å². The Labute approximate surface area is 93.4 Å². The molecule has 0 fully saturated rings. The number of hydrogen-bond donors (Lipinski definition) is 2. The number of nitrogens with two attached hydrogens (primary N) is 1. The number of anilines is 2. The largest absolute Gasteiger partial charge is 0.399 e. The van der Waals surface area contributed by atoms with Gasteiger partial charge in [0, 0.05) is 5.69 Å². The standard InChI is InChI=1S/C10H15N3O3/c1-7-3-4-9(11)5-10(7)12(13(15)16)8(2)6-14/h3-5,8,14H,6,11H2,1-2H3. The Morgan fingerprint density at radius 3 is 2.75 bits per heavy atom. The monoisotopic (exact) mass is 225 g/mol. The molecule has 0 saturated carbocycles. The third-order valence-corrected chi connectivity index (χ3v) is 2.34. The van der Waals surface area contributed by atoms with Crippen molar-refractivity contribution in [3.63, 3.8) is 0 Å². The van der Waals surface area contributed by atoms with Gasteiger partial charge in [0.2, 0.25) is 0 Å². The van der Waals surface area contributed by atoms with Crippen LogP contribution in [0.2, 0.25) is 0 Å². The van der Waals surface area contributed by atoms with Crippen molar-refractivity contribution in [3.05, 3.63) is 33.9 Å². The predicted octanol–water partition coefficient (Wildman–Crippen LogP) is 0.956. The molecule has 6 nitrogen and oxygen atoms in total. The SMILES string of the molecule is Cc1ccc(N)cc1N(C(C)CO)[N+](=O)[O-]. The van der Waals surface area contributed by atoms with E-state index in [1.54, 1.807) is 26.0 Å². The highest BCUT2D eigenvalue weighted by Crippen LogP contribution is 2.24. The summed E-state index contributed by atoms with van der Waals surface area (Å²) in [6, 6.07) is 4.33. The fraction of sp³-hybridized carbons (Fsp3) is 0.400. The summed E-state index contributed by atoms with van der Waals surface area (Å²) in [5, 5.41) is 20.3. The Bertz CT molecular complexity index is 395. The quantitative estimate of drug-likeness (QED) is 0.452. The summed E-state index contributed by atoms with van der Waals surface area (Å²) < 4.78 is 0. The molecule has 0 aliphatic heterocycles. The molecule has 1 unspecified atom stereocenters. The van der Waals surface area contributed by atoms with Gasteiger partial charge < -0.3 is 10.8 Å². The summed E-state index contributed by atoms with van der Waals surface area (Å²) in [5.74, 6) is 0. The maximum absolute atomic E-state index is 10.9.